The Morgan fingerprint density at radius 1 is 1.19 bits per heavy atom. The van der Waals surface area contributed by atoms with Gasteiger partial charge in [0.25, 0.3) is 0 Å². The van der Waals surface area contributed by atoms with Crippen molar-refractivity contribution in [3.05, 3.63) is 0 Å². The molecular weight excluding hydrogens is 324 g/mol. The summed E-state index contributed by atoms with van der Waals surface area (Å²) in [5.41, 5.74) is -0.146. The Balaban J connectivity index is 1.81. The van der Waals surface area contributed by atoms with Crippen molar-refractivity contribution >= 4 is 11.6 Å². The molecule has 26 heavy (non-hydrogen) atoms. The zero-order chi connectivity index (χ0) is 19.3. The highest BCUT2D eigenvalue weighted by atomic mass is 16.5. The second-order valence-corrected chi connectivity index (χ2v) is 10.9. The molecule has 0 bridgehead atoms. The van der Waals surface area contributed by atoms with E-state index in [0.29, 0.717) is 42.5 Å². The Morgan fingerprint density at radius 2 is 1.88 bits per heavy atom. The normalized spacial score (nSPS) is 43.1. The summed E-state index contributed by atoms with van der Waals surface area (Å²) in [4.78, 5) is 24.4. The molecule has 0 radical (unpaired) electrons. The first-order chi connectivity index (χ1) is 12.0. The van der Waals surface area contributed by atoms with Crippen molar-refractivity contribution in [1.29, 1.82) is 0 Å². The van der Waals surface area contributed by atoms with Gasteiger partial charge in [-0.3, -0.25) is 4.79 Å². The van der Waals surface area contributed by atoms with Gasteiger partial charge < -0.3 is 9.53 Å². The molecule has 0 aromatic heterocycles. The van der Waals surface area contributed by atoms with Crippen molar-refractivity contribution in [2.24, 2.45) is 28.6 Å². The second kappa shape index (κ2) is 6.72. The molecule has 3 aliphatic carbocycles. The van der Waals surface area contributed by atoms with Gasteiger partial charge in [0, 0.05) is 18.3 Å². The number of fused-ring (bicyclic) bond motifs is 2. The molecule has 3 saturated carbocycles. The topological polar surface area (TPSA) is 43.4 Å². The molecule has 0 aromatic rings. The largest absolute Gasteiger partial charge is 0.372 e. The van der Waals surface area contributed by atoms with Gasteiger partial charge in [0.05, 0.1) is 11.7 Å². The maximum Gasteiger partial charge on any atom is 0.139 e. The van der Waals surface area contributed by atoms with Crippen molar-refractivity contribution in [2.75, 3.05) is 0 Å². The van der Waals surface area contributed by atoms with Crippen LogP contribution < -0.4 is 0 Å². The van der Waals surface area contributed by atoms with Gasteiger partial charge in [-0.15, -0.1) is 0 Å². The molecule has 6 atom stereocenters. The van der Waals surface area contributed by atoms with Crippen LogP contribution in [0.15, 0.2) is 0 Å². The Labute approximate surface area is 159 Å². The number of ketones is 2. The summed E-state index contributed by atoms with van der Waals surface area (Å²) in [5, 5.41) is 0. The van der Waals surface area contributed by atoms with Gasteiger partial charge in [0.15, 0.2) is 0 Å². The van der Waals surface area contributed by atoms with Crippen LogP contribution in [0.2, 0.25) is 0 Å². The SMILES string of the molecule is CC(=O)CC[C@]1(C)C(=O)CC[C@@H]2C[C@@]3(C)[C@@H](CC[C@@H]3OC(C)(C)C)C[C@H]21. The van der Waals surface area contributed by atoms with E-state index in [1.54, 1.807) is 6.92 Å². The summed E-state index contributed by atoms with van der Waals surface area (Å²) in [6.07, 6.45) is 8.06. The Kier molecular flexibility index (Phi) is 5.18. The van der Waals surface area contributed by atoms with E-state index < -0.39 is 0 Å². The molecule has 3 aliphatic rings. The first-order valence-electron chi connectivity index (χ1n) is 10.7. The third-order valence-electron chi connectivity index (χ3n) is 7.94. The first kappa shape index (κ1) is 20.0. The number of carbonyl (C=O) groups is 2. The van der Waals surface area contributed by atoms with Crippen molar-refractivity contribution < 1.29 is 14.3 Å². The molecule has 0 amide bonds. The van der Waals surface area contributed by atoms with Gasteiger partial charge in [-0.05, 0) is 89.4 Å². The minimum absolute atomic E-state index is 0.0993. The molecule has 148 valence electrons. The van der Waals surface area contributed by atoms with Crippen molar-refractivity contribution in [3.8, 4) is 0 Å². The zero-order valence-corrected chi connectivity index (χ0v) is 17.7. The van der Waals surface area contributed by atoms with Gasteiger partial charge in [-0.25, -0.2) is 0 Å². The third-order valence-corrected chi connectivity index (χ3v) is 7.94. The summed E-state index contributed by atoms with van der Waals surface area (Å²) >= 11 is 0. The van der Waals surface area contributed by atoms with Crippen LogP contribution in [0.5, 0.6) is 0 Å². The van der Waals surface area contributed by atoms with E-state index in [9.17, 15) is 9.59 Å². The Hall–Kier alpha value is -0.700. The molecule has 0 aromatic carbocycles. The van der Waals surface area contributed by atoms with Crippen LogP contribution in [0.25, 0.3) is 0 Å². The van der Waals surface area contributed by atoms with Gasteiger partial charge in [0.1, 0.15) is 11.6 Å². The Bertz CT molecular complexity index is 574. The summed E-state index contributed by atoms with van der Waals surface area (Å²) in [6.45, 7) is 12.7. The lowest BCUT2D eigenvalue weighted by Crippen LogP contribution is -2.52. The van der Waals surface area contributed by atoms with Crippen molar-refractivity contribution in [3.63, 3.8) is 0 Å². The number of hydrogen-bond acceptors (Lipinski definition) is 3. The lowest BCUT2D eigenvalue weighted by Gasteiger charge is -2.55. The minimum Gasteiger partial charge on any atom is -0.372 e. The molecule has 0 saturated heterocycles. The molecule has 3 heteroatoms. The average Bonchev–Trinajstić information content (AvgIpc) is 2.82. The highest BCUT2D eigenvalue weighted by Crippen LogP contribution is 2.62. The molecular formula is C23H38O3. The predicted octanol–water partition coefficient (Wildman–Crippen LogP) is 5.35. The van der Waals surface area contributed by atoms with E-state index in [2.05, 4.69) is 34.6 Å². The van der Waals surface area contributed by atoms with E-state index in [4.69, 9.17) is 4.74 Å². The fourth-order valence-electron chi connectivity index (χ4n) is 6.44. The molecule has 0 heterocycles. The number of carbonyl (C=O) groups excluding carboxylic acids is 2. The standard InChI is InChI=1S/C23H38O3/c1-15(24)11-12-22(5)18-13-17-8-10-20(26-21(2,3)4)23(17,6)14-16(18)7-9-19(22)25/h16-18,20H,7-14H2,1-6H3/t16-,17+,18-,20+,22+,23+/m1/s1. The van der Waals surface area contributed by atoms with Crippen LogP contribution >= 0.6 is 0 Å². The lowest BCUT2D eigenvalue weighted by atomic mass is 9.50. The maximum atomic E-state index is 12.9. The van der Waals surface area contributed by atoms with E-state index in [1.165, 1.54) is 12.8 Å². The van der Waals surface area contributed by atoms with Gasteiger partial charge >= 0.3 is 0 Å². The number of ether oxygens (including phenoxy) is 1. The molecule has 0 unspecified atom stereocenters. The number of Topliss-reactive ketones (excluding diaryl/α,β-unsaturated/α-hetero) is 2. The van der Waals surface area contributed by atoms with E-state index in [-0.39, 0.29) is 22.2 Å². The summed E-state index contributed by atoms with van der Waals surface area (Å²) in [6, 6.07) is 0. The third kappa shape index (κ3) is 3.53. The minimum atomic E-state index is -0.293. The van der Waals surface area contributed by atoms with Gasteiger partial charge in [-0.2, -0.15) is 0 Å². The molecule has 3 fully saturated rings. The fraction of sp³-hybridized carbons (Fsp3) is 0.913. The zero-order valence-electron chi connectivity index (χ0n) is 17.7. The highest BCUT2D eigenvalue weighted by Gasteiger charge is 2.58. The second-order valence-electron chi connectivity index (χ2n) is 10.9. The van der Waals surface area contributed by atoms with Crippen LogP contribution in [0, 0.1) is 28.6 Å². The smallest absolute Gasteiger partial charge is 0.139 e. The molecule has 3 rings (SSSR count). The van der Waals surface area contributed by atoms with E-state index in [0.717, 1.165) is 25.7 Å². The Morgan fingerprint density at radius 3 is 2.50 bits per heavy atom. The van der Waals surface area contributed by atoms with Crippen LogP contribution in [-0.2, 0) is 14.3 Å². The summed E-state index contributed by atoms with van der Waals surface area (Å²) in [7, 11) is 0. The molecule has 0 aliphatic heterocycles. The van der Waals surface area contributed by atoms with Crippen LogP contribution in [0.3, 0.4) is 0 Å². The van der Waals surface area contributed by atoms with Crippen LogP contribution in [-0.4, -0.2) is 23.3 Å². The summed E-state index contributed by atoms with van der Waals surface area (Å²) in [5.74, 6) is 2.33. The molecule has 3 nitrogen and oxygen atoms in total. The van der Waals surface area contributed by atoms with Crippen molar-refractivity contribution in [1.82, 2.24) is 0 Å². The van der Waals surface area contributed by atoms with Crippen LogP contribution in [0.1, 0.15) is 92.9 Å². The van der Waals surface area contributed by atoms with E-state index in [1.807, 2.05) is 0 Å². The predicted molar refractivity (Wildman–Crippen MR) is 104 cm³/mol. The van der Waals surface area contributed by atoms with Gasteiger partial charge in [0.2, 0.25) is 0 Å². The maximum absolute atomic E-state index is 12.9. The van der Waals surface area contributed by atoms with Crippen LogP contribution in [0.4, 0.5) is 0 Å². The lowest BCUT2D eigenvalue weighted by molar-refractivity contribution is -0.155. The average molecular weight is 363 g/mol. The molecule has 0 spiro atoms. The fourth-order valence-corrected chi connectivity index (χ4v) is 6.44. The molecule has 0 N–H and O–H groups in total. The van der Waals surface area contributed by atoms with E-state index >= 15 is 0 Å². The number of rotatable bonds is 4. The number of hydrogen-bond donors (Lipinski definition) is 0. The summed E-state index contributed by atoms with van der Waals surface area (Å²) < 4.78 is 6.49. The van der Waals surface area contributed by atoms with Crippen molar-refractivity contribution in [2.45, 2.75) is 105 Å². The quantitative estimate of drug-likeness (QED) is 0.677. The van der Waals surface area contributed by atoms with Gasteiger partial charge in [-0.1, -0.05) is 13.8 Å². The first-order valence-corrected chi connectivity index (χ1v) is 10.7. The highest BCUT2D eigenvalue weighted by molar-refractivity contribution is 5.86. The monoisotopic (exact) mass is 362 g/mol.